The zero-order valence-corrected chi connectivity index (χ0v) is 17.0. The molecule has 1 unspecified atom stereocenters. The van der Waals surface area contributed by atoms with Crippen LogP contribution in [0.1, 0.15) is 38.8 Å². The molecular weight excluding hydrogens is 360 g/mol. The van der Waals surface area contributed by atoms with E-state index in [-0.39, 0.29) is 11.6 Å². The second-order valence-electron chi connectivity index (χ2n) is 8.21. The van der Waals surface area contributed by atoms with Crippen LogP contribution in [0.2, 0.25) is 0 Å². The van der Waals surface area contributed by atoms with Crippen LogP contribution < -0.4 is 0 Å². The van der Waals surface area contributed by atoms with E-state index in [1.165, 1.54) is 6.92 Å². The predicted octanol–water partition coefficient (Wildman–Crippen LogP) is 4.41. The molecule has 5 rings (SSSR count). The van der Waals surface area contributed by atoms with Gasteiger partial charge in [-0.05, 0) is 49.1 Å². The Kier molecular flexibility index (Phi) is 3.46. The summed E-state index contributed by atoms with van der Waals surface area (Å²) in [4.78, 5) is 26.1. The number of benzene rings is 2. The minimum atomic E-state index is -0.798. The van der Waals surface area contributed by atoms with Gasteiger partial charge < -0.3 is 0 Å². The number of carbonyl (C=O) groups is 2. The molecule has 0 radical (unpaired) electrons. The number of hydrazone groups is 1. The van der Waals surface area contributed by atoms with E-state index in [9.17, 15) is 9.59 Å². The van der Waals surface area contributed by atoms with Crippen molar-refractivity contribution in [2.24, 2.45) is 5.10 Å². The van der Waals surface area contributed by atoms with Crippen LogP contribution in [0.25, 0.3) is 11.1 Å². The lowest BCUT2D eigenvalue weighted by Gasteiger charge is -2.46. The Morgan fingerprint density at radius 1 is 0.897 bits per heavy atom. The van der Waals surface area contributed by atoms with Gasteiger partial charge in [-0.1, -0.05) is 54.6 Å². The fourth-order valence-electron chi connectivity index (χ4n) is 5.56. The van der Waals surface area contributed by atoms with Crippen LogP contribution in [-0.2, 0) is 15.0 Å². The van der Waals surface area contributed by atoms with Crippen molar-refractivity contribution in [1.29, 1.82) is 0 Å². The topological polar surface area (TPSA) is 49.7 Å². The number of fused-ring (bicyclic) bond motifs is 7. The SMILES string of the molecule is CC(=O)C1=C(C(C)=O)C2(c3ccccc3-c3ccccc32)C2(C)C=CC(C)=NN12. The Morgan fingerprint density at radius 3 is 1.97 bits per heavy atom. The highest BCUT2D eigenvalue weighted by Gasteiger charge is 2.66. The van der Waals surface area contributed by atoms with Gasteiger partial charge >= 0.3 is 0 Å². The number of hydrogen-bond acceptors (Lipinski definition) is 4. The van der Waals surface area contributed by atoms with Crippen molar-refractivity contribution in [2.45, 2.75) is 38.6 Å². The molecule has 4 nitrogen and oxygen atoms in total. The summed E-state index contributed by atoms with van der Waals surface area (Å²) < 4.78 is 0. The highest BCUT2D eigenvalue weighted by atomic mass is 16.1. The third-order valence-corrected chi connectivity index (χ3v) is 6.57. The predicted molar refractivity (Wildman–Crippen MR) is 114 cm³/mol. The summed E-state index contributed by atoms with van der Waals surface area (Å²) in [7, 11) is 0. The lowest BCUT2D eigenvalue weighted by molar-refractivity contribution is -0.117. The highest BCUT2D eigenvalue weighted by molar-refractivity contribution is 6.11. The molecule has 4 heteroatoms. The maximum absolute atomic E-state index is 13.2. The molecule has 0 fully saturated rings. The monoisotopic (exact) mass is 382 g/mol. The molecular formula is C25H22N2O2. The van der Waals surface area contributed by atoms with E-state index < -0.39 is 11.0 Å². The van der Waals surface area contributed by atoms with Crippen molar-refractivity contribution in [3.05, 3.63) is 83.1 Å². The van der Waals surface area contributed by atoms with Crippen molar-refractivity contribution in [3.8, 4) is 11.1 Å². The quantitative estimate of drug-likeness (QED) is 0.773. The average molecular weight is 382 g/mol. The number of Topliss-reactive ketones (excluding diaryl/α,β-unsaturated/α-hetero) is 2. The zero-order chi connectivity index (χ0) is 20.6. The molecule has 29 heavy (non-hydrogen) atoms. The third-order valence-electron chi connectivity index (χ3n) is 6.57. The van der Waals surface area contributed by atoms with E-state index in [2.05, 4.69) is 37.3 Å². The van der Waals surface area contributed by atoms with E-state index in [1.807, 2.05) is 37.3 Å². The second-order valence-corrected chi connectivity index (χ2v) is 8.21. The smallest absolute Gasteiger partial charge is 0.178 e. The standard InChI is InChI=1S/C25H22N2O2/c1-15-13-14-24(4)25(22(16(2)28)23(17(3)29)27(24)26-15)20-11-7-5-9-18(20)19-10-6-8-12-21(19)25/h5-14H,1-4H3. The molecule has 0 saturated heterocycles. The first-order valence-electron chi connectivity index (χ1n) is 9.84. The van der Waals surface area contributed by atoms with E-state index in [0.29, 0.717) is 11.3 Å². The van der Waals surface area contributed by atoms with Gasteiger partial charge in [0, 0.05) is 12.5 Å². The number of nitrogens with zero attached hydrogens (tertiary/aromatic N) is 2. The number of allylic oxidation sites excluding steroid dienone is 2. The normalized spacial score (nSPS) is 23.0. The van der Waals surface area contributed by atoms with Gasteiger partial charge in [-0.3, -0.25) is 9.59 Å². The van der Waals surface area contributed by atoms with Gasteiger partial charge in [-0.25, -0.2) is 5.01 Å². The Balaban J connectivity index is 2.02. The first-order valence-corrected chi connectivity index (χ1v) is 9.84. The fourth-order valence-corrected chi connectivity index (χ4v) is 5.56. The minimum Gasteiger partial charge on any atom is -0.295 e. The van der Waals surface area contributed by atoms with E-state index in [1.54, 1.807) is 11.9 Å². The fraction of sp³-hybridized carbons (Fsp3) is 0.240. The zero-order valence-electron chi connectivity index (χ0n) is 17.0. The van der Waals surface area contributed by atoms with Crippen LogP contribution in [0.4, 0.5) is 0 Å². The molecule has 0 saturated carbocycles. The minimum absolute atomic E-state index is 0.0985. The molecule has 2 aromatic carbocycles. The number of rotatable bonds is 2. The Morgan fingerprint density at radius 2 is 1.45 bits per heavy atom. The van der Waals surface area contributed by atoms with Gasteiger partial charge in [0.1, 0.15) is 5.70 Å². The van der Waals surface area contributed by atoms with Crippen LogP contribution in [-0.4, -0.2) is 27.8 Å². The van der Waals surface area contributed by atoms with Crippen molar-refractivity contribution in [1.82, 2.24) is 5.01 Å². The molecule has 3 aliphatic rings. The van der Waals surface area contributed by atoms with E-state index in [4.69, 9.17) is 5.10 Å². The van der Waals surface area contributed by atoms with Crippen LogP contribution in [0, 0.1) is 0 Å². The molecule has 1 aliphatic carbocycles. The molecule has 0 N–H and O–H groups in total. The molecule has 1 spiro atoms. The molecule has 0 aromatic heterocycles. The molecule has 2 heterocycles. The maximum Gasteiger partial charge on any atom is 0.178 e. The third kappa shape index (κ3) is 1.91. The van der Waals surface area contributed by atoms with Gasteiger partial charge in [0.15, 0.2) is 11.6 Å². The first kappa shape index (κ1) is 17.8. The summed E-state index contributed by atoms with van der Waals surface area (Å²) in [5.74, 6) is -0.245. The Bertz CT molecular complexity index is 1160. The number of carbonyl (C=O) groups excluding carboxylic acids is 2. The summed E-state index contributed by atoms with van der Waals surface area (Å²) >= 11 is 0. The second kappa shape index (κ2) is 5.63. The largest absolute Gasteiger partial charge is 0.295 e. The maximum atomic E-state index is 13.2. The molecule has 1 atom stereocenters. The van der Waals surface area contributed by atoms with Crippen molar-refractivity contribution in [3.63, 3.8) is 0 Å². The van der Waals surface area contributed by atoms with Crippen molar-refractivity contribution < 1.29 is 9.59 Å². The number of hydrogen-bond donors (Lipinski definition) is 0. The molecule has 0 amide bonds. The molecule has 2 aliphatic heterocycles. The molecule has 0 bridgehead atoms. The first-order chi connectivity index (χ1) is 13.8. The lowest BCUT2D eigenvalue weighted by atomic mass is 9.60. The van der Waals surface area contributed by atoms with Gasteiger partial charge in [0.25, 0.3) is 0 Å². The number of ketones is 2. The van der Waals surface area contributed by atoms with Crippen molar-refractivity contribution >= 4 is 17.3 Å². The van der Waals surface area contributed by atoms with Crippen LogP contribution in [0.5, 0.6) is 0 Å². The summed E-state index contributed by atoms with van der Waals surface area (Å²) in [6.07, 6.45) is 4.09. The summed E-state index contributed by atoms with van der Waals surface area (Å²) in [5.41, 5.74) is 4.54. The van der Waals surface area contributed by atoms with Gasteiger partial charge in [-0.2, -0.15) is 5.10 Å². The summed E-state index contributed by atoms with van der Waals surface area (Å²) in [6.45, 7) is 7.07. The van der Waals surface area contributed by atoms with E-state index in [0.717, 1.165) is 28.0 Å². The van der Waals surface area contributed by atoms with Crippen LogP contribution >= 0.6 is 0 Å². The van der Waals surface area contributed by atoms with Gasteiger partial charge in [-0.15, -0.1) is 0 Å². The highest BCUT2D eigenvalue weighted by Crippen LogP contribution is 2.64. The lowest BCUT2D eigenvalue weighted by Crippen LogP contribution is -2.54. The van der Waals surface area contributed by atoms with Gasteiger partial charge in [0.2, 0.25) is 0 Å². The van der Waals surface area contributed by atoms with Crippen LogP contribution in [0.3, 0.4) is 0 Å². The van der Waals surface area contributed by atoms with E-state index >= 15 is 0 Å². The van der Waals surface area contributed by atoms with Crippen LogP contribution in [0.15, 0.2) is 77.1 Å². The Hall–Kier alpha value is -3.27. The summed E-state index contributed by atoms with van der Waals surface area (Å²) in [6, 6.07) is 16.4. The molecule has 2 aromatic rings. The molecule has 144 valence electrons. The summed E-state index contributed by atoms with van der Waals surface area (Å²) in [5, 5.41) is 6.54. The van der Waals surface area contributed by atoms with Crippen molar-refractivity contribution in [2.75, 3.05) is 0 Å². The average Bonchev–Trinajstić information content (AvgIpc) is 3.12. The Labute approximate surface area is 170 Å². The van der Waals surface area contributed by atoms with Gasteiger partial charge in [0.05, 0.1) is 16.7 Å².